The van der Waals surface area contributed by atoms with Crippen molar-refractivity contribution in [2.75, 3.05) is 65.8 Å². The van der Waals surface area contributed by atoms with Crippen LogP contribution in [0.2, 0.25) is 0 Å². The number of phenolic OH excluding ortho intramolecular Hbond substituents is 1. The Labute approximate surface area is 263 Å². The molecule has 0 unspecified atom stereocenters. The van der Waals surface area contributed by atoms with Crippen LogP contribution in [0.3, 0.4) is 0 Å². The first-order valence-electron chi connectivity index (χ1n) is 15.2. The number of imidazole rings is 1. The minimum Gasteiger partial charge on any atom is -0.507 e. The van der Waals surface area contributed by atoms with E-state index in [-0.39, 0.29) is 11.7 Å². The number of H-pyrrole nitrogens is 1. The zero-order valence-corrected chi connectivity index (χ0v) is 26.0. The number of hydrogen-bond donors (Lipinski definition) is 3. The number of ether oxygens (including phenoxy) is 1. The summed E-state index contributed by atoms with van der Waals surface area (Å²) < 4.78 is 5.41. The van der Waals surface area contributed by atoms with E-state index in [9.17, 15) is 9.90 Å². The first-order chi connectivity index (χ1) is 21.9. The molecule has 1 amide bonds. The summed E-state index contributed by atoms with van der Waals surface area (Å²) in [6, 6.07) is 22.5. The molecule has 1 aliphatic rings. The lowest BCUT2D eigenvalue weighted by Crippen LogP contribution is -2.47. The quantitative estimate of drug-likeness (QED) is 0.206. The van der Waals surface area contributed by atoms with E-state index < -0.39 is 0 Å². The fraction of sp³-hybridized carbons (Fsp3) is 0.286. The molecule has 3 heterocycles. The number of likely N-dealkylation sites (N-methyl/N-ethyl adjacent to an activating group) is 1. The Hall–Kier alpha value is -4.77. The molecule has 0 atom stereocenters. The molecule has 10 heteroatoms. The number of rotatable bonds is 10. The Kier molecular flexibility index (Phi) is 9.06. The second kappa shape index (κ2) is 13.5. The fourth-order valence-corrected chi connectivity index (χ4v) is 5.61. The van der Waals surface area contributed by atoms with Gasteiger partial charge in [0.2, 0.25) is 5.88 Å². The molecule has 6 rings (SSSR count). The summed E-state index contributed by atoms with van der Waals surface area (Å²) in [5.74, 6) is 0.866. The second-order valence-corrected chi connectivity index (χ2v) is 11.7. The van der Waals surface area contributed by atoms with Crippen molar-refractivity contribution < 1.29 is 14.6 Å². The third kappa shape index (κ3) is 7.15. The molecule has 45 heavy (non-hydrogen) atoms. The number of benzene rings is 3. The number of aromatic nitrogens is 3. The van der Waals surface area contributed by atoms with Crippen molar-refractivity contribution in [3.63, 3.8) is 0 Å². The van der Waals surface area contributed by atoms with Gasteiger partial charge in [0.15, 0.2) is 0 Å². The lowest BCUT2D eigenvalue weighted by Gasteiger charge is -2.35. The third-order valence-corrected chi connectivity index (χ3v) is 8.22. The largest absolute Gasteiger partial charge is 0.507 e. The number of phenols is 1. The molecule has 2 aromatic heterocycles. The number of carbonyl (C=O) groups excluding carboxylic acids is 1. The standard InChI is InChI=1S/C35H39N7O3/c1-40(2)15-16-41-17-19-42(20-18-41)23-24-6-10-27(11-7-24)37-34(44)26-8-12-30-31(22-26)39-33(38-30)29-21-25(9-13-32(29)43)28-5-4-14-36-35(28)45-3/h4-14,21-22,43H,15-20,23H2,1-3H3,(H,37,44)(H,38,39). The van der Waals surface area contributed by atoms with Gasteiger partial charge < -0.3 is 25.0 Å². The number of aromatic hydroxyl groups is 1. The van der Waals surface area contributed by atoms with Crippen LogP contribution >= 0.6 is 0 Å². The van der Waals surface area contributed by atoms with Crippen LogP contribution in [-0.4, -0.2) is 101 Å². The summed E-state index contributed by atoms with van der Waals surface area (Å²) in [4.78, 5) is 32.7. The summed E-state index contributed by atoms with van der Waals surface area (Å²) in [7, 11) is 5.81. The smallest absolute Gasteiger partial charge is 0.255 e. The fourth-order valence-electron chi connectivity index (χ4n) is 5.61. The monoisotopic (exact) mass is 605 g/mol. The number of piperazine rings is 1. The highest BCUT2D eigenvalue weighted by atomic mass is 16.5. The highest BCUT2D eigenvalue weighted by molar-refractivity contribution is 6.06. The van der Waals surface area contributed by atoms with Crippen molar-refractivity contribution in [3.05, 3.63) is 90.1 Å². The summed E-state index contributed by atoms with van der Waals surface area (Å²) >= 11 is 0. The van der Waals surface area contributed by atoms with Gasteiger partial charge in [-0.15, -0.1) is 0 Å². The third-order valence-electron chi connectivity index (χ3n) is 8.22. The molecular weight excluding hydrogens is 566 g/mol. The van der Waals surface area contributed by atoms with E-state index >= 15 is 0 Å². The average Bonchev–Trinajstić information content (AvgIpc) is 3.49. The van der Waals surface area contributed by atoms with Crippen molar-refractivity contribution in [3.8, 4) is 34.1 Å². The topological polar surface area (TPSA) is 110 Å². The molecule has 0 bridgehead atoms. The van der Waals surface area contributed by atoms with Crippen molar-refractivity contribution in [1.82, 2.24) is 29.7 Å². The van der Waals surface area contributed by atoms with Crippen LogP contribution in [0, 0.1) is 0 Å². The van der Waals surface area contributed by atoms with E-state index in [1.54, 1.807) is 31.5 Å². The predicted octanol–water partition coefficient (Wildman–Crippen LogP) is 4.94. The molecule has 1 saturated heterocycles. The molecule has 0 radical (unpaired) electrons. The van der Waals surface area contributed by atoms with Gasteiger partial charge in [0.05, 0.1) is 23.7 Å². The highest BCUT2D eigenvalue weighted by Gasteiger charge is 2.18. The first kappa shape index (κ1) is 30.3. The van der Waals surface area contributed by atoms with Gasteiger partial charge in [0, 0.05) is 68.8 Å². The maximum absolute atomic E-state index is 13.2. The van der Waals surface area contributed by atoms with Gasteiger partial charge >= 0.3 is 0 Å². The van der Waals surface area contributed by atoms with Crippen molar-refractivity contribution in [2.45, 2.75) is 6.54 Å². The number of nitrogens with one attached hydrogen (secondary N) is 2. The lowest BCUT2D eigenvalue weighted by molar-refractivity contribution is 0.102. The molecule has 3 aromatic carbocycles. The number of anilines is 1. The van der Waals surface area contributed by atoms with Crippen LogP contribution < -0.4 is 10.1 Å². The Balaban J connectivity index is 1.10. The van der Waals surface area contributed by atoms with Gasteiger partial charge in [0.1, 0.15) is 11.6 Å². The Morgan fingerprint density at radius 3 is 2.51 bits per heavy atom. The number of aromatic amines is 1. The second-order valence-electron chi connectivity index (χ2n) is 11.7. The summed E-state index contributed by atoms with van der Waals surface area (Å²) in [5.41, 5.74) is 6.02. The normalized spacial score (nSPS) is 14.2. The van der Waals surface area contributed by atoms with Crippen LogP contribution in [0.5, 0.6) is 11.6 Å². The van der Waals surface area contributed by atoms with E-state index in [1.165, 1.54) is 5.56 Å². The Morgan fingerprint density at radius 2 is 1.76 bits per heavy atom. The summed E-state index contributed by atoms with van der Waals surface area (Å²) in [6.45, 7) is 7.43. The van der Waals surface area contributed by atoms with Crippen molar-refractivity contribution in [2.24, 2.45) is 0 Å². The van der Waals surface area contributed by atoms with Gasteiger partial charge in [-0.25, -0.2) is 9.97 Å². The van der Waals surface area contributed by atoms with Crippen LogP contribution in [0.1, 0.15) is 15.9 Å². The minimum absolute atomic E-state index is 0.0874. The van der Waals surface area contributed by atoms with E-state index in [4.69, 9.17) is 9.72 Å². The van der Waals surface area contributed by atoms with Gasteiger partial charge in [-0.05, 0) is 79.8 Å². The van der Waals surface area contributed by atoms with Crippen molar-refractivity contribution in [1.29, 1.82) is 0 Å². The van der Waals surface area contributed by atoms with E-state index in [2.05, 4.69) is 56.2 Å². The average molecular weight is 606 g/mol. The summed E-state index contributed by atoms with van der Waals surface area (Å²) in [6.07, 6.45) is 1.67. The minimum atomic E-state index is -0.212. The number of carbonyl (C=O) groups is 1. The van der Waals surface area contributed by atoms with E-state index in [0.717, 1.165) is 68.1 Å². The number of fused-ring (bicyclic) bond motifs is 1. The molecule has 232 valence electrons. The Morgan fingerprint density at radius 1 is 0.978 bits per heavy atom. The SMILES string of the molecule is COc1ncccc1-c1ccc(O)c(-c2nc3cc(C(=O)Nc4ccc(CN5CCN(CCN(C)C)CC5)cc4)ccc3[nH]2)c1. The zero-order valence-electron chi connectivity index (χ0n) is 26.0. The van der Waals surface area contributed by atoms with Crippen LogP contribution in [0.4, 0.5) is 5.69 Å². The van der Waals surface area contributed by atoms with Gasteiger partial charge in [-0.3, -0.25) is 14.6 Å². The number of methoxy groups -OCH3 is 1. The zero-order chi connectivity index (χ0) is 31.3. The van der Waals surface area contributed by atoms with Crippen LogP contribution in [0.25, 0.3) is 33.5 Å². The maximum atomic E-state index is 13.2. The van der Waals surface area contributed by atoms with Crippen LogP contribution in [0.15, 0.2) is 79.0 Å². The molecule has 1 aliphatic heterocycles. The first-order valence-corrected chi connectivity index (χ1v) is 15.2. The molecule has 0 aliphatic carbocycles. The predicted molar refractivity (Wildman–Crippen MR) is 178 cm³/mol. The molecule has 5 aromatic rings. The molecule has 10 nitrogen and oxygen atoms in total. The van der Waals surface area contributed by atoms with E-state index in [0.29, 0.717) is 28.3 Å². The van der Waals surface area contributed by atoms with Gasteiger partial charge in [-0.2, -0.15) is 0 Å². The summed E-state index contributed by atoms with van der Waals surface area (Å²) in [5, 5.41) is 13.7. The molecule has 1 fully saturated rings. The van der Waals surface area contributed by atoms with Gasteiger partial charge in [0.25, 0.3) is 5.91 Å². The lowest BCUT2D eigenvalue weighted by atomic mass is 10.0. The van der Waals surface area contributed by atoms with Gasteiger partial charge in [-0.1, -0.05) is 18.2 Å². The number of amides is 1. The number of pyridine rings is 1. The molecule has 3 N–H and O–H groups in total. The number of nitrogens with zero attached hydrogens (tertiary/aromatic N) is 5. The van der Waals surface area contributed by atoms with Crippen LogP contribution in [-0.2, 0) is 6.54 Å². The molecule has 0 spiro atoms. The molecular formula is C35H39N7O3. The number of hydrogen-bond acceptors (Lipinski definition) is 8. The van der Waals surface area contributed by atoms with E-state index in [1.807, 2.05) is 42.5 Å². The molecule has 0 saturated carbocycles. The maximum Gasteiger partial charge on any atom is 0.255 e. The van der Waals surface area contributed by atoms with Crippen molar-refractivity contribution >= 4 is 22.6 Å². The highest BCUT2D eigenvalue weighted by Crippen LogP contribution is 2.35. The Bertz CT molecular complexity index is 1780.